The van der Waals surface area contributed by atoms with E-state index in [1.54, 1.807) is 18.2 Å². The molecule has 1 aliphatic heterocycles. The summed E-state index contributed by atoms with van der Waals surface area (Å²) in [7, 11) is -3.95. The third-order valence-corrected chi connectivity index (χ3v) is 7.72. The van der Waals surface area contributed by atoms with Crippen LogP contribution in [0.4, 0.5) is 5.69 Å². The molecule has 2 aromatic carbocycles. The van der Waals surface area contributed by atoms with Crippen LogP contribution in [0.25, 0.3) is 0 Å². The van der Waals surface area contributed by atoms with E-state index in [4.69, 9.17) is 23.2 Å². The van der Waals surface area contributed by atoms with Crippen molar-refractivity contribution >= 4 is 44.8 Å². The second-order valence-corrected chi connectivity index (χ2v) is 10.7. The summed E-state index contributed by atoms with van der Waals surface area (Å²) >= 11 is 11.9. The molecule has 174 valence electrons. The molecule has 1 saturated heterocycles. The SMILES string of the molecule is CC1CCN(CCCCNC(=O)c2cccc(NS(=O)(=O)c3cc(Cl)ccc3Cl)c2)CC1. The Morgan fingerprint density at radius 1 is 1.09 bits per heavy atom. The number of likely N-dealkylation sites (tertiary alicyclic amines) is 1. The van der Waals surface area contributed by atoms with Gasteiger partial charge in [-0.2, -0.15) is 0 Å². The van der Waals surface area contributed by atoms with Gasteiger partial charge in [0.2, 0.25) is 0 Å². The molecule has 0 aromatic heterocycles. The van der Waals surface area contributed by atoms with Gasteiger partial charge in [0.25, 0.3) is 15.9 Å². The Balaban J connectivity index is 1.50. The molecule has 0 unspecified atom stereocenters. The average Bonchev–Trinajstić information content (AvgIpc) is 2.76. The quantitative estimate of drug-likeness (QED) is 0.475. The smallest absolute Gasteiger partial charge is 0.263 e. The number of carbonyl (C=O) groups is 1. The van der Waals surface area contributed by atoms with Gasteiger partial charge in [-0.1, -0.05) is 36.2 Å². The Hall–Kier alpha value is -1.80. The third kappa shape index (κ3) is 7.10. The number of piperidine rings is 1. The summed E-state index contributed by atoms with van der Waals surface area (Å²) in [5.74, 6) is 0.590. The van der Waals surface area contributed by atoms with Crippen molar-refractivity contribution in [1.82, 2.24) is 10.2 Å². The third-order valence-electron chi connectivity index (χ3n) is 5.62. The zero-order valence-corrected chi connectivity index (χ0v) is 20.4. The number of nitrogens with zero attached hydrogens (tertiary/aromatic N) is 1. The number of carbonyl (C=O) groups excluding carboxylic acids is 1. The van der Waals surface area contributed by atoms with Gasteiger partial charge in [0.15, 0.2) is 0 Å². The lowest BCUT2D eigenvalue weighted by Crippen LogP contribution is -2.34. The lowest BCUT2D eigenvalue weighted by molar-refractivity contribution is 0.0952. The van der Waals surface area contributed by atoms with Crippen LogP contribution >= 0.6 is 23.2 Å². The van der Waals surface area contributed by atoms with Gasteiger partial charge in [0.05, 0.1) is 5.02 Å². The molecule has 1 fully saturated rings. The van der Waals surface area contributed by atoms with Gasteiger partial charge in [-0.3, -0.25) is 9.52 Å². The maximum atomic E-state index is 12.7. The van der Waals surface area contributed by atoms with Crippen molar-refractivity contribution in [3.8, 4) is 0 Å². The number of halogens is 2. The maximum absolute atomic E-state index is 12.7. The van der Waals surface area contributed by atoms with Crippen molar-refractivity contribution in [1.29, 1.82) is 0 Å². The molecule has 6 nitrogen and oxygen atoms in total. The van der Waals surface area contributed by atoms with Crippen LogP contribution in [0.1, 0.15) is 43.0 Å². The Bertz CT molecular complexity index is 1040. The largest absolute Gasteiger partial charge is 0.352 e. The number of unbranched alkanes of at least 4 members (excludes halogenated alkanes) is 1. The van der Waals surface area contributed by atoms with Crippen LogP contribution in [-0.4, -0.2) is 45.4 Å². The first-order chi connectivity index (χ1) is 15.2. The molecule has 0 saturated carbocycles. The standard InChI is InChI=1S/C23H29Cl2N3O3S/c1-17-9-13-28(14-10-17)12-3-2-11-26-23(29)18-5-4-6-20(15-18)27-32(30,31)22-16-19(24)7-8-21(22)25/h4-8,15-17,27H,2-3,9-14H2,1H3,(H,26,29). The molecular weight excluding hydrogens is 469 g/mol. The summed E-state index contributed by atoms with van der Waals surface area (Å²) < 4.78 is 27.8. The number of anilines is 1. The van der Waals surface area contributed by atoms with E-state index in [1.807, 2.05) is 0 Å². The fraction of sp³-hybridized carbons (Fsp3) is 0.435. The highest BCUT2D eigenvalue weighted by atomic mass is 35.5. The first-order valence-corrected chi connectivity index (χ1v) is 13.1. The highest BCUT2D eigenvalue weighted by Crippen LogP contribution is 2.27. The number of amides is 1. The Morgan fingerprint density at radius 2 is 1.84 bits per heavy atom. The molecule has 0 spiro atoms. The van der Waals surface area contributed by atoms with Gasteiger partial charge in [0.1, 0.15) is 4.90 Å². The van der Waals surface area contributed by atoms with Crippen molar-refractivity contribution in [3.05, 3.63) is 58.1 Å². The van der Waals surface area contributed by atoms with Gasteiger partial charge < -0.3 is 10.2 Å². The van der Waals surface area contributed by atoms with Crippen LogP contribution in [0.3, 0.4) is 0 Å². The summed E-state index contributed by atoms with van der Waals surface area (Å²) in [5, 5.41) is 3.24. The van der Waals surface area contributed by atoms with E-state index in [1.165, 1.54) is 37.1 Å². The Morgan fingerprint density at radius 3 is 2.59 bits per heavy atom. The van der Waals surface area contributed by atoms with Gasteiger partial charge in [-0.05, 0) is 87.6 Å². The van der Waals surface area contributed by atoms with Crippen molar-refractivity contribution in [2.75, 3.05) is 30.9 Å². The predicted molar refractivity (Wildman–Crippen MR) is 130 cm³/mol. The molecule has 0 bridgehead atoms. The zero-order valence-electron chi connectivity index (χ0n) is 18.1. The average molecular weight is 498 g/mol. The number of nitrogens with one attached hydrogen (secondary N) is 2. The molecule has 9 heteroatoms. The summed E-state index contributed by atoms with van der Waals surface area (Å²) in [4.78, 5) is 14.9. The minimum Gasteiger partial charge on any atom is -0.352 e. The lowest BCUT2D eigenvalue weighted by Gasteiger charge is -2.30. The minimum atomic E-state index is -3.95. The van der Waals surface area contributed by atoms with E-state index in [9.17, 15) is 13.2 Å². The van der Waals surface area contributed by atoms with Gasteiger partial charge in [0, 0.05) is 22.8 Å². The van der Waals surface area contributed by atoms with Crippen molar-refractivity contribution < 1.29 is 13.2 Å². The molecule has 0 aliphatic carbocycles. The number of hydrogen-bond acceptors (Lipinski definition) is 4. The van der Waals surface area contributed by atoms with Gasteiger partial charge >= 0.3 is 0 Å². The summed E-state index contributed by atoms with van der Waals surface area (Å²) in [6.07, 6.45) is 4.47. The molecule has 32 heavy (non-hydrogen) atoms. The molecule has 1 heterocycles. The first-order valence-electron chi connectivity index (χ1n) is 10.8. The molecule has 2 aromatic rings. The van der Waals surface area contributed by atoms with Crippen LogP contribution in [0.5, 0.6) is 0 Å². The lowest BCUT2D eigenvalue weighted by atomic mass is 9.99. The second-order valence-electron chi connectivity index (χ2n) is 8.25. The van der Waals surface area contributed by atoms with Crippen LogP contribution in [-0.2, 0) is 10.0 Å². The van der Waals surface area contributed by atoms with Crippen molar-refractivity contribution in [2.45, 2.75) is 37.5 Å². The van der Waals surface area contributed by atoms with E-state index >= 15 is 0 Å². The zero-order chi connectivity index (χ0) is 23.1. The van der Waals surface area contributed by atoms with Gasteiger partial charge in [-0.25, -0.2) is 8.42 Å². The Labute approximate surface area is 200 Å². The van der Waals surface area contributed by atoms with E-state index in [2.05, 4.69) is 21.9 Å². The summed E-state index contributed by atoms with van der Waals surface area (Å²) in [5.41, 5.74) is 0.653. The van der Waals surface area contributed by atoms with E-state index in [-0.39, 0.29) is 26.5 Å². The molecule has 3 rings (SSSR count). The summed E-state index contributed by atoms with van der Waals surface area (Å²) in [6.45, 7) is 6.27. The van der Waals surface area contributed by atoms with E-state index < -0.39 is 10.0 Å². The van der Waals surface area contributed by atoms with Crippen LogP contribution in [0, 0.1) is 5.92 Å². The molecule has 1 amide bonds. The fourth-order valence-electron chi connectivity index (χ4n) is 3.67. The second kappa shape index (κ2) is 11.4. The van der Waals surface area contributed by atoms with Crippen LogP contribution in [0.15, 0.2) is 47.4 Å². The van der Waals surface area contributed by atoms with Crippen LogP contribution < -0.4 is 10.0 Å². The first kappa shape index (κ1) is 24.8. The molecule has 0 atom stereocenters. The molecular formula is C23H29Cl2N3O3S. The monoisotopic (exact) mass is 497 g/mol. The normalized spacial score (nSPS) is 15.5. The fourth-order valence-corrected chi connectivity index (χ4v) is 5.48. The number of benzene rings is 2. The predicted octanol–water partition coefficient (Wildman–Crippen LogP) is 5.04. The number of sulfonamides is 1. The Kier molecular flexibility index (Phi) is 8.82. The van der Waals surface area contributed by atoms with Crippen molar-refractivity contribution in [3.63, 3.8) is 0 Å². The minimum absolute atomic E-state index is 0.0647. The molecule has 0 radical (unpaired) electrons. The van der Waals surface area contributed by atoms with E-state index in [0.717, 1.165) is 38.4 Å². The maximum Gasteiger partial charge on any atom is 0.263 e. The highest BCUT2D eigenvalue weighted by Gasteiger charge is 2.19. The van der Waals surface area contributed by atoms with Crippen molar-refractivity contribution in [2.24, 2.45) is 5.92 Å². The number of hydrogen-bond donors (Lipinski definition) is 2. The van der Waals surface area contributed by atoms with Gasteiger partial charge in [-0.15, -0.1) is 0 Å². The topological polar surface area (TPSA) is 78.5 Å². The molecule has 2 N–H and O–H groups in total. The van der Waals surface area contributed by atoms with E-state index in [0.29, 0.717) is 12.1 Å². The van der Waals surface area contributed by atoms with Crippen LogP contribution in [0.2, 0.25) is 10.0 Å². The highest BCUT2D eigenvalue weighted by molar-refractivity contribution is 7.92. The molecule has 1 aliphatic rings. The number of rotatable bonds is 9. The summed E-state index contributed by atoms with van der Waals surface area (Å²) in [6, 6.07) is 10.6.